The molecule has 0 radical (unpaired) electrons. The molecule has 0 saturated heterocycles. The number of esters is 1. The molecule has 11 heteroatoms. The lowest BCUT2D eigenvalue weighted by Crippen LogP contribution is -2.20. The number of rotatable bonds is 6. The third kappa shape index (κ3) is 4.54. The fourth-order valence-corrected chi connectivity index (χ4v) is 4.61. The number of anilines is 1. The van der Waals surface area contributed by atoms with Crippen LogP contribution in [0.2, 0.25) is 0 Å². The number of nitrogens with zero attached hydrogens (tertiary/aromatic N) is 2. The van der Waals surface area contributed by atoms with Gasteiger partial charge in [-0.2, -0.15) is 5.10 Å². The van der Waals surface area contributed by atoms with Crippen LogP contribution >= 0.6 is 11.3 Å². The molecule has 1 amide bonds. The number of benzene rings is 2. The van der Waals surface area contributed by atoms with Gasteiger partial charge < -0.3 is 10.1 Å². The molecule has 2 aromatic carbocycles. The fourth-order valence-electron chi connectivity index (χ4n) is 3.02. The Labute approximate surface area is 187 Å². The highest BCUT2D eigenvalue weighted by molar-refractivity contribution is 7.89. The molecule has 0 fully saturated rings. The quantitative estimate of drug-likeness (QED) is 0.416. The van der Waals surface area contributed by atoms with Crippen LogP contribution in [0.25, 0.3) is 15.9 Å². The minimum absolute atomic E-state index is 0.0731. The molecule has 0 aliphatic heterocycles. The molecule has 0 bridgehead atoms. The molecule has 0 aliphatic carbocycles. The van der Waals surface area contributed by atoms with Crippen LogP contribution in [-0.2, 0) is 19.6 Å². The van der Waals surface area contributed by atoms with E-state index >= 15 is 0 Å². The molecule has 164 valence electrons. The van der Waals surface area contributed by atoms with Crippen LogP contribution in [-0.4, -0.2) is 36.7 Å². The zero-order valence-corrected chi connectivity index (χ0v) is 18.4. The summed E-state index contributed by atoms with van der Waals surface area (Å²) in [6.07, 6.45) is 0. The molecule has 3 N–H and O–H groups in total. The van der Waals surface area contributed by atoms with E-state index in [4.69, 9.17) is 9.88 Å². The van der Waals surface area contributed by atoms with Gasteiger partial charge in [-0.1, -0.05) is 18.2 Å². The van der Waals surface area contributed by atoms with Gasteiger partial charge in [0.1, 0.15) is 9.71 Å². The molecule has 2 aromatic heterocycles. The molecular formula is C21H18N4O5S2. The number of carbonyl (C=O) groups is 2. The Balaban J connectivity index is 1.42. The topological polar surface area (TPSA) is 133 Å². The summed E-state index contributed by atoms with van der Waals surface area (Å²) in [6, 6.07) is 16.6. The molecule has 32 heavy (non-hydrogen) atoms. The van der Waals surface area contributed by atoms with Gasteiger partial charge >= 0.3 is 5.97 Å². The first-order valence-corrected chi connectivity index (χ1v) is 11.7. The second-order valence-corrected chi connectivity index (χ2v) is 9.45. The van der Waals surface area contributed by atoms with Crippen molar-refractivity contribution in [2.24, 2.45) is 5.14 Å². The highest BCUT2D eigenvalue weighted by atomic mass is 32.2. The molecule has 4 aromatic rings. The van der Waals surface area contributed by atoms with Gasteiger partial charge in [-0.3, -0.25) is 4.79 Å². The maximum atomic E-state index is 12.5. The van der Waals surface area contributed by atoms with E-state index in [1.165, 1.54) is 35.6 Å². The van der Waals surface area contributed by atoms with Crippen LogP contribution in [0.1, 0.15) is 15.4 Å². The Hall–Kier alpha value is -3.54. The van der Waals surface area contributed by atoms with Crippen molar-refractivity contribution in [3.05, 3.63) is 71.2 Å². The van der Waals surface area contributed by atoms with Crippen LogP contribution in [0.15, 0.2) is 65.6 Å². The number of sulfonamides is 1. The smallest absolute Gasteiger partial charge is 0.348 e. The maximum Gasteiger partial charge on any atom is 0.348 e. The van der Waals surface area contributed by atoms with E-state index in [9.17, 15) is 18.0 Å². The number of hydrogen-bond acceptors (Lipinski definition) is 7. The summed E-state index contributed by atoms with van der Waals surface area (Å²) >= 11 is 1.23. The Bertz CT molecular complexity index is 1410. The number of aromatic nitrogens is 2. The average Bonchev–Trinajstić information content (AvgIpc) is 3.33. The van der Waals surface area contributed by atoms with E-state index in [0.29, 0.717) is 10.6 Å². The summed E-state index contributed by atoms with van der Waals surface area (Å²) in [7, 11) is -3.82. The van der Waals surface area contributed by atoms with Crippen LogP contribution < -0.4 is 10.5 Å². The molecule has 0 saturated carbocycles. The second kappa shape index (κ2) is 8.54. The van der Waals surface area contributed by atoms with Crippen molar-refractivity contribution >= 4 is 49.1 Å². The molecular weight excluding hydrogens is 452 g/mol. The van der Waals surface area contributed by atoms with Crippen molar-refractivity contribution in [2.75, 3.05) is 11.9 Å². The summed E-state index contributed by atoms with van der Waals surface area (Å²) in [4.78, 5) is 25.7. The molecule has 2 heterocycles. The highest BCUT2D eigenvalue weighted by Gasteiger charge is 2.19. The first kappa shape index (κ1) is 21.7. The van der Waals surface area contributed by atoms with Crippen LogP contribution in [0, 0.1) is 6.92 Å². The van der Waals surface area contributed by atoms with Gasteiger partial charge in [0.15, 0.2) is 6.61 Å². The van der Waals surface area contributed by atoms with Crippen molar-refractivity contribution in [1.82, 2.24) is 9.78 Å². The van der Waals surface area contributed by atoms with E-state index < -0.39 is 28.5 Å². The molecule has 4 rings (SSSR count). The van der Waals surface area contributed by atoms with Crippen LogP contribution in [0.5, 0.6) is 0 Å². The van der Waals surface area contributed by atoms with Crippen molar-refractivity contribution in [1.29, 1.82) is 0 Å². The number of para-hydroxylation sites is 1. The number of aryl methyl sites for hydroxylation is 1. The summed E-state index contributed by atoms with van der Waals surface area (Å²) in [5.74, 6) is -1.18. The van der Waals surface area contributed by atoms with Crippen molar-refractivity contribution < 1.29 is 22.7 Å². The van der Waals surface area contributed by atoms with E-state index in [1.54, 1.807) is 10.7 Å². The lowest BCUT2D eigenvalue weighted by atomic mass is 10.3. The van der Waals surface area contributed by atoms with Gasteiger partial charge in [0.05, 0.1) is 16.3 Å². The van der Waals surface area contributed by atoms with Crippen molar-refractivity contribution in [2.45, 2.75) is 11.8 Å². The minimum Gasteiger partial charge on any atom is -0.451 e. The van der Waals surface area contributed by atoms with E-state index in [-0.39, 0.29) is 4.90 Å². The molecule has 0 aliphatic rings. The SMILES string of the molecule is Cc1nn(-c2ccccc2)c2sc(C(=O)OCC(=O)Nc3ccc(S(N)(=O)=O)cc3)cc12. The zero-order chi connectivity index (χ0) is 22.9. The number of nitrogens with two attached hydrogens (primary N) is 1. The number of ether oxygens (including phenoxy) is 1. The molecule has 0 atom stereocenters. The Morgan fingerprint density at radius 1 is 1.12 bits per heavy atom. The van der Waals surface area contributed by atoms with Crippen LogP contribution in [0.3, 0.4) is 0 Å². The Morgan fingerprint density at radius 3 is 2.47 bits per heavy atom. The van der Waals surface area contributed by atoms with Gasteiger partial charge in [-0.05, 0) is 49.4 Å². The van der Waals surface area contributed by atoms with E-state index in [2.05, 4.69) is 10.4 Å². The standard InChI is InChI=1S/C21H18N4O5S2/c1-13-17-11-18(31-20(17)25(24-13)15-5-3-2-4-6-15)21(27)30-12-19(26)23-14-7-9-16(10-8-14)32(22,28)29/h2-11H,12H2,1H3,(H,23,26)(H2,22,28,29). The van der Waals surface area contributed by atoms with Crippen molar-refractivity contribution in [3.8, 4) is 5.69 Å². The lowest BCUT2D eigenvalue weighted by Gasteiger charge is -2.06. The van der Waals surface area contributed by atoms with Gasteiger partial charge in [0.2, 0.25) is 10.0 Å². The molecule has 0 unspecified atom stereocenters. The fraction of sp³-hybridized carbons (Fsp3) is 0.0952. The van der Waals surface area contributed by atoms with E-state index in [0.717, 1.165) is 21.6 Å². The third-order valence-electron chi connectivity index (χ3n) is 4.55. The highest BCUT2D eigenvalue weighted by Crippen LogP contribution is 2.30. The normalized spacial score (nSPS) is 11.4. The zero-order valence-electron chi connectivity index (χ0n) is 16.8. The predicted octanol–water partition coefficient (Wildman–Crippen LogP) is 2.84. The van der Waals surface area contributed by atoms with Gasteiger partial charge in [-0.15, -0.1) is 11.3 Å². The Kier molecular flexibility index (Phi) is 5.78. The summed E-state index contributed by atoms with van der Waals surface area (Å²) < 4.78 is 29.5. The maximum absolute atomic E-state index is 12.5. The average molecular weight is 471 g/mol. The minimum atomic E-state index is -3.82. The Morgan fingerprint density at radius 2 is 1.81 bits per heavy atom. The number of thiophene rings is 1. The predicted molar refractivity (Wildman–Crippen MR) is 120 cm³/mol. The molecule has 0 spiro atoms. The third-order valence-corrected chi connectivity index (χ3v) is 6.57. The summed E-state index contributed by atoms with van der Waals surface area (Å²) in [5, 5.41) is 12.9. The van der Waals surface area contributed by atoms with E-state index in [1.807, 2.05) is 37.3 Å². The summed E-state index contributed by atoms with van der Waals surface area (Å²) in [6.45, 7) is 1.37. The van der Waals surface area contributed by atoms with Gasteiger partial charge in [0.25, 0.3) is 5.91 Å². The largest absolute Gasteiger partial charge is 0.451 e. The van der Waals surface area contributed by atoms with Gasteiger partial charge in [0, 0.05) is 11.1 Å². The van der Waals surface area contributed by atoms with Crippen molar-refractivity contribution in [3.63, 3.8) is 0 Å². The number of nitrogens with one attached hydrogen (secondary N) is 1. The first-order chi connectivity index (χ1) is 15.2. The number of carbonyl (C=O) groups excluding carboxylic acids is 2. The van der Waals surface area contributed by atoms with Gasteiger partial charge in [-0.25, -0.2) is 23.0 Å². The molecule has 9 nitrogen and oxygen atoms in total. The second-order valence-electron chi connectivity index (χ2n) is 6.86. The lowest BCUT2D eigenvalue weighted by molar-refractivity contribution is -0.119. The van der Waals surface area contributed by atoms with Crippen LogP contribution in [0.4, 0.5) is 5.69 Å². The number of primary sulfonamides is 1. The number of hydrogen-bond donors (Lipinski definition) is 2. The summed E-state index contributed by atoms with van der Waals surface area (Å²) in [5.41, 5.74) is 2.00. The monoisotopic (exact) mass is 470 g/mol. The number of amides is 1. The first-order valence-electron chi connectivity index (χ1n) is 9.37. The number of fused-ring (bicyclic) bond motifs is 1.